The highest BCUT2D eigenvalue weighted by Crippen LogP contribution is 2.34. The van der Waals surface area contributed by atoms with E-state index in [2.05, 4.69) is 6.58 Å². The van der Waals surface area contributed by atoms with E-state index < -0.39 is 40.1 Å². The van der Waals surface area contributed by atoms with Gasteiger partial charge in [-0.25, -0.2) is 8.42 Å². The minimum atomic E-state index is -3.96. The summed E-state index contributed by atoms with van der Waals surface area (Å²) in [7, 11) is -3.96. The molecule has 1 saturated heterocycles. The molecule has 0 radical (unpaired) electrons. The van der Waals surface area contributed by atoms with Crippen LogP contribution in [0.4, 0.5) is 0 Å². The van der Waals surface area contributed by atoms with Crippen molar-refractivity contribution in [1.82, 2.24) is 4.31 Å². The average molecular weight is 367 g/mol. The minimum absolute atomic E-state index is 0.0999. The highest BCUT2D eigenvalue weighted by Gasteiger charge is 2.49. The van der Waals surface area contributed by atoms with Crippen LogP contribution in [0, 0.1) is 12.8 Å². The fourth-order valence-electron chi connectivity index (χ4n) is 3.12. The Morgan fingerprint density at radius 3 is 2.52 bits per heavy atom. The molecule has 138 valence electrons. The molecule has 1 N–H and O–H groups in total. The van der Waals surface area contributed by atoms with Crippen LogP contribution in [-0.2, 0) is 19.6 Å². The number of carbonyl (C=O) groups is 1. The number of aliphatic hydroxyl groups is 1. The summed E-state index contributed by atoms with van der Waals surface area (Å²) in [5.74, 6) is -1.24. The number of benzene rings is 1. The number of hydrogen-bond acceptors (Lipinski definition) is 5. The largest absolute Gasteiger partial charge is 0.465 e. The van der Waals surface area contributed by atoms with E-state index in [0.717, 1.165) is 9.87 Å². The molecule has 25 heavy (non-hydrogen) atoms. The summed E-state index contributed by atoms with van der Waals surface area (Å²) < 4.78 is 32.7. The molecule has 1 heterocycles. The van der Waals surface area contributed by atoms with E-state index in [1.807, 2.05) is 6.92 Å². The fourth-order valence-corrected chi connectivity index (χ4v) is 4.95. The van der Waals surface area contributed by atoms with E-state index in [9.17, 15) is 18.3 Å². The molecular weight excluding hydrogens is 342 g/mol. The number of hydrogen-bond donors (Lipinski definition) is 1. The van der Waals surface area contributed by atoms with E-state index in [0.29, 0.717) is 0 Å². The van der Waals surface area contributed by atoms with Gasteiger partial charge in [0, 0.05) is 12.0 Å². The van der Waals surface area contributed by atoms with Crippen molar-refractivity contribution in [2.24, 2.45) is 5.92 Å². The molecular formula is C18H25NO5S. The number of esters is 1. The summed E-state index contributed by atoms with van der Waals surface area (Å²) in [4.78, 5) is 12.6. The minimum Gasteiger partial charge on any atom is -0.465 e. The molecule has 6 nitrogen and oxygen atoms in total. The van der Waals surface area contributed by atoms with Gasteiger partial charge < -0.3 is 9.84 Å². The monoisotopic (exact) mass is 367 g/mol. The first-order valence-electron chi connectivity index (χ1n) is 8.31. The second-order valence-electron chi connectivity index (χ2n) is 6.31. The van der Waals surface area contributed by atoms with Gasteiger partial charge in [0.2, 0.25) is 10.0 Å². The zero-order valence-corrected chi connectivity index (χ0v) is 15.6. The predicted octanol–water partition coefficient (Wildman–Crippen LogP) is 1.87. The lowest BCUT2D eigenvalue weighted by molar-refractivity contribution is -0.154. The highest BCUT2D eigenvalue weighted by atomic mass is 32.2. The molecule has 2 rings (SSSR count). The molecule has 1 fully saturated rings. The summed E-state index contributed by atoms with van der Waals surface area (Å²) >= 11 is 0. The van der Waals surface area contributed by atoms with Crippen LogP contribution in [-0.4, -0.2) is 48.6 Å². The maximum Gasteiger partial charge on any atom is 0.324 e. The van der Waals surface area contributed by atoms with Gasteiger partial charge in [0.1, 0.15) is 6.04 Å². The molecule has 0 amide bonds. The lowest BCUT2D eigenvalue weighted by atomic mass is 9.86. The van der Waals surface area contributed by atoms with Gasteiger partial charge in [-0.2, -0.15) is 4.31 Å². The summed E-state index contributed by atoms with van der Waals surface area (Å²) in [6.07, 6.45) is 0.820. The molecule has 1 aliphatic heterocycles. The molecule has 0 aromatic heterocycles. The van der Waals surface area contributed by atoms with Gasteiger partial charge >= 0.3 is 5.97 Å². The first-order chi connectivity index (χ1) is 11.7. The topological polar surface area (TPSA) is 83.9 Å². The second-order valence-corrected chi connectivity index (χ2v) is 8.15. The van der Waals surface area contributed by atoms with E-state index in [4.69, 9.17) is 4.74 Å². The molecule has 7 heteroatoms. The maximum atomic E-state index is 13.2. The molecule has 1 aromatic rings. The third-order valence-electron chi connectivity index (χ3n) is 4.59. The molecule has 0 saturated carbocycles. The van der Waals surface area contributed by atoms with Crippen LogP contribution < -0.4 is 0 Å². The first kappa shape index (κ1) is 19.6. The van der Waals surface area contributed by atoms with Crippen LogP contribution in [0.25, 0.3) is 0 Å². The maximum absolute atomic E-state index is 13.2. The SMILES string of the molecule is C=C[C@H]1C[C@H](O)[C@H](C)[C@@H](C(=O)OCC)N1S(=O)(=O)c1ccc(C)cc1. The number of sulfonamides is 1. The number of ether oxygens (including phenoxy) is 1. The Balaban J connectivity index is 2.55. The number of piperidine rings is 1. The van der Waals surface area contributed by atoms with Crippen molar-refractivity contribution in [2.75, 3.05) is 6.61 Å². The Morgan fingerprint density at radius 2 is 2.00 bits per heavy atom. The summed E-state index contributed by atoms with van der Waals surface area (Å²) in [5.41, 5.74) is 0.934. The molecule has 0 bridgehead atoms. The Bertz CT molecular complexity index is 728. The van der Waals surface area contributed by atoms with Crippen LogP contribution in [0.3, 0.4) is 0 Å². The van der Waals surface area contributed by atoms with E-state index >= 15 is 0 Å². The number of nitrogens with zero attached hydrogens (tertiary/aromatic N) is 1. The summed E-state index contributed by atoms with van der Waals surface area (Å²) in [6.45, 7) is 9.00. The number of carbonyl (C=O) groups excluding carboxylic acids is 1. The van der Waals surface area contributed by atoms with Gasteiger partial charge in [-0.3, -0.25) is 4.79 Å². The fraction of sp³-hybridized carbons (Fsp3) is 0.500. The third-order valence-corrected chi connectivity index (χ3v) is 6.51. The predicted molar refractivity (Wildman–Crippen MR) is 94.4 cm³/mol. The number of aliphatic hydroxyl groups excluding tert-OH is 1. The van der Waals surface area contributed by atoms with Crippen molar-refractivity contribution < 1.29 is 23.1 Å². The highest BCUT2D eigenvalue weighted by molar-refractivity contribution is 7.89. The number of rotatable bonds is 5. The van der Waals surface area contributed by atoms with E-state index in [-0.39, 0.29) is 17.9 Å². The van der Waals surface area contributed by atoms with Gasteiger partial charge in [0.15, 0.2) is 0 Å². The van der Waals surface area contributed by atoms with Crippen LogP contribution in [0.5, 0.6) is 0 Å². The molecule has 1 aliphatic rings. The third kappa shape index (κ3) is 3.78. The van der Waals surface area contributed by atoms with Gasteiger partial charge in [-0.15, -0.1) is 6.58 Å². The van der Waals surface area contributed by atoms with Crippen molar-refractivity contribution >= 4 is 16.0 Å². The van der Waals surface area contributed by atoms with Crippen LogP contribution >= 0.6 is 0 Å². The zero-order valence-electron chi connectivity index (χ0n) is 14.8. The van der Waals surface area contributed by atoms with Crippen molar-refractivity contribution in [3.8, 4) is 0 Å². The molecule has 0 unspecified atom stereocenters. The normalized spacial score (nSPS) is 27.7. The van der Waals surface area contributed by atoms with Crippen LogP contribution in [0.2, 0.25) is 0 Å². The standard InChI is InChI=1S/C18H25NO5S/c1-5-14-11-16(20)13(4)17(18(21)24-6-2)19(14)25(22,23)15-9-7-12(3)8-10-15/h5,7-10,13-14,16-17,20H,1,6,11H2,2-4H3/t13-,14-,16-,17-/m0/s1. The zero-order chi connectivity index (χ0) is 18.8. The Morgan fingerprint density at radius 1 is 1.40 bits per heavy atom. The Labute approximate surface area is 149 Å². The van der Waals surface area contributed by atoms with Crippen LogP contribution in [0.1, 0.15) is 25.8 Å². The summed E-state index contributed by atoms with van der Waals surface area (Å²) in [6, 6.07) is 4.66. The van der Waals surface area contributed by atoms with Gasteiger partial charge in [-0.1, -0.05) is 30.7 Å². The number of aryl methyl sites for hydroxylation is 1. The Hall–Kier alpha value is -1.70. The van der Waals surface area contributed by atoms with Crippen molar-refractivity contribution in [3.63, 3.8) is 0 Å². The lowest BCUT2D eigenvalue weighted by Crippen LogP contribution is -2.60. The quantitative estimate of drug-likeness (QED) is 0.634. The molecule has 0 aliphatic carbocycles. The van der Waals surface area contributed by atoms with E-state index in [1.54, 1.807) is 26.0 Å². The molecule has 4 atom stereocenters. The van der Waals surface area contributed by atoms with Gasteiger partial charge in [-0.05, 0) is 32.4 Å². The van der Waals surface area contributed by atoms with Crippen molar-refractivity contribution in [1.29, 1.82) is 0 Å². The van der Waals surface area contributed by atoms with Crippen molar-refractivity contribution in [3.05, 3.63) is 42.5 Å². The first-order valence-corrected chi connectivity index (χ1v) is 9.75. The van der Waals surface area contributed by atoms with Crippen LogP contribution in [0.15, 0.2) is 41.8 Å². The second kappa shape index (κ2) is 7.68. The smallest absolute Gasteiger partial charge is 0.324 e. The van der Waals surface area contributed by atoms with Gasteiger partial charge in [0.05, 0.1) is 17.6 Å². The average Bonchev–Trinajstić information content (AvgIpc) is 2.57. The summed E-state index contributed by atoms with van der Waals surface area (Å²) in [5, 5.41) is 10.3. The van der Waals surface area contributed by atoms with Gasteiger partial charge in [0.25, 0.3) is 0 Å². The lowest BCUT2D eigenvalue weighted by Gasteiger charge is -2.44. The van der Waals surface area contributed by atoms with Crippen molar-refractivity contribution in [2.45, 2.75) is 50.3 Å². The van der Waals surface area contributed by atoms with E-state index in [1.165, 1.54) is 18.2 Å². The molecule has 1 aromatic carbocycles. The Kier molecular flexibility index (Phi) is 6.03. The molecule has 0 spiro atoms.